The van der Waals surface area contributed by atoms with Gasteiger partial charge in [-0.05, 0) is 42.3 Å². The molecule has 0 aliphatic heterocycles. The van der Waals surface area contributed by atoms with Crippen LogP contribution in [0, 0.1) is 6.92 Å². The predicted molar refractivity (Wildman–Crippen MR) is 124 cm³/mol. The average Bonchev–Trinajstić information content (AvgIpc) is 2.83. The third-order valence-corrected chi connectivity index (χ3v) is 4.70. The molecule has 1 aromatic heterocycles. The Morgan fingerprint density at radius 1 is 1.00 bits per heavy atom. The lowest BCUT2D eigenvalue weighted by molar-refractivity contribution is 0.0976. The summed E-state index contributed by atoms with van der Waals surface area (Å²) in [6, 6.07) is 14.7. The highest BCUT2D eigenvalue weighted by atomic mass is 16.5. The zero-order chi connectivity index (χ0) is 22.9. The molecule has 2 N–H and O–H groups in total. The van der Waals surface area contributed by atoms with E-state index in [9.17, 15) is 4.79 Å². The van der Waals surface area contributed by atoms with Crippen molar-refractivity contribution in [2.24, 2.45) is 4.99 Å². The van der Waals surface area contributed by atoms with Gasteiger partial charge in [-0.3, -0.25) is 15.1 Å². The molecule has 0 fully saturated rings. The molecule has 166 valence electrons. The Morgan fingerprint density at radius 3 is 2.31 bits per heavy atom. The van der Waals surface area contributed by atoms with E-state index < -0.39 is 0 Å². The Labute approximate surface area is 187 Å². The Kier molecular flexibility index (Phi) is 7.64. The number of nitrogens with zero attached hydrogens (tertiary/aromatic N) is 2. The highest BCUT2D eigenvalue weighted by Crippen LogP contribution is 2.38. The first-order chi connectivity index (χ1) is 15.5. The summed E-state index contributed by atoms with van der Waals surface area (Å²) < 4.78 is 16.0. The third kappa shape index (κ3) is 5.54. The van der Waals surface area contributed by atoms with E-state index in [1.807, 2.05) is 43.3 Å². The number of nitrogens with one attached hydrogen (secondary N) is 2. The van der Waals surface area contributed by atoms with E-state index in [4.69, 9.17) is 14.2 Å². The second kappa shape index (κ2) is 10.8. The summed E-state index contributed by atoms with van der Waals surface area (Å²) >= 11 is 0. The van der Waals surface area contributed by atoms with Crippen LogP contribution >= 0.6 is 0 Å². The Balaban J connectivity index is 1.90. The molecule has 3 aromatic rings. The molecule has 0 unspecified atom stereocenters. The number of para-hydroxylation sites is 1. The number of pyridine rings is 1. The maximum atomic E-state index is 13.1. The summed E-state index contributed by atoms with van der Waals surface area (Å²) in [5.41, 5.74) is 3.10. The van der Waals surface area contributed by atoms with E-state index in [2.05, 4.69) is 20.6 Å². The van der Waals surface area contributed by atoms with Crippen molar-refractivity contribution in [1.82, 2.24) is 10.3 Å². The standard InChI is InChI=1S/C24H26N4O4/c1-16-8-5-6-10-19(16)27-24(26-15-17-9-7-11-25-14-17)28-23(29)18-12-20(30-2)22(32-4)21(13-18)31-3/h5-14H,15H2,1-4H3,(H2,26,27,28,29). The minimum atomic E-state index is -0.379. The molecular formula is C24H26N4O4. The quantitative estimate of drug-likeness (QED) is 0.434. The molecule has 3 rings (SSSR count). The number of amides is 1. The van der Waals surface area contributed by atoms with Gasteiger partial charge < -0.3 is 19.5 Å². The predicted octanol–water partition coefficient (Wildman–Crippen LogP) is 3.81. The first-order valence-corrected chi connectivity index (χ1v) is 9.93. The number of hydrogen-bond acceptors (Lipinski definition) is 6. The fourth-order valence-corrected chi connectivity index (χ4v) is 3.00. The van der Waals surface area contributed by atoms with E-state index in [0.29, 0.717) is 35.3 Å². The van der Waals surface area contributed by atoms with Crippen LogP contribution in [-0.2, 0) is 6.54 Å². The summed E-state index contributed by atoms with van der Waals surface area (Å²) in [5.74, 6) is 1.11. The van der Waals surface area contributed by atoms with Gasteiger partial charge in [0.25, 0.3) is 5.91 Å². The van der Waals surface area contributed by atoms with Crippen molar-refractivity contribution in [2.75, 3.05) is 26.6 Å². The van der Waals surface area contributed by atoms with Crippen LogP contribution in [0.1, 0.15) is 21.5 Å². The number of hydrogen-bond donors (Lipinski definition) is 2. The summed E-state index contributed by atoms with van der Waals surface area (Å²) in [4.78, 5) is 21.7. The van der Waals surface area contributed by atoms with Crippen LogP contribution in [0.3, 0.4) is 0 Å². The van der Waals surface area contributed by atoms with Gasteiger partial charge in [-0.25, -0.2) is 4.99 Å². The molecule has 2 aromatic carbocycles. The number of guanidine groups is 1. The number of aromatic nitrogens is 1. The minimum Gasteiger partial charge on any atom is -0.493 e. The lowest BCUT2D eigenvalue weighted by Crippen LogP contribution is -2.36. The van der Waals surface area contributed by atoms with Gasteiger partial charge >= 0.3 is 0 Å². The summed E-state index contributed by atoms with van der Waals surface area (Å²) in [6.07, 6.45) is 3.43. The number of anilines is 1. The number of aryl methyl sites for hydroxylation is 1. The molecule has 0 spiro atoms. The molecule has 0 radical (unpaired) electrons. The maximum absolute atomic E-state index is 13.1. The van der Waals surface area contributed by atoms with Gasteiger partial charge in [0.1, 0.15) is 0 Å². The van der Waals surface area contributed by atoms with Crippen LogP contribution in [0.15, 0.2) is 65.9 Å². The average molecular weight is 434 g/mol. The molecule has 0 saturated carbocycles. The largest absolute Gasteiger partial charge is 0.493 e. The molecule has 1 heterocycles. The number of rotatable bonds is 7. The second-order valence-corrected chi connectivity index (χ2v) is 6.83. The van der Waals surface area contributed by atoms with Crippen LogP contribution < -0.4 is 24.8 Å². The lowest BCUT2D eigenvalue weighted by atomic mass is 10.1. The molecule has 32 heavy (non-hydrogen) atoms. The SMILES string of the molecule is COc1cc(C(=O)NC(=NCc2cccnc2)Nc2ccccc2C)cc(OC)c1OC. The molecule has 8 nitrogen and oxygen atoms in total. The van der Waals surface area contributed by atoms with Crippen molar-refractivity contribution in [3.8, 4) is 17.2 Å². The fraction of sp³-hybridized carbons (Fsp3) is 0.208. The van der Waals surface area contributed by atoms with Gasteiger partial charge in [-0.1, -0.05) is 24.3 Å². The Morgan fingerprint density at radius 2 is 1.72 bits per heavy atom. The van der Waals surface area contributed by atoms with E-state index >= 15 is 0 Å². The van der Waals surface area contributed by atoms with Gasteiger partial charge in [0, 0.05) is 23.6 Å². The number of methoxy groups -OCH3 is 3. The molecule has 8 heteroatoms. The molecule has 0 aliphatic rings. The smallest absolute Gasteiger partial charge is 0.258 e. The van der Waals surface area contributed by atoms with Crippen molar-refractivity contribution in [3.63, 3.8) is 0 Å². The topological polar surface area (TPSA) is 94.1 Å². The summed E-state index contributed by atoms with van der Waals surface area (Å²) in [7, 11) is 4.51. The van der Waals surface area contributed by atoms with E-state index in [1.165, 1.54) is 21.3 Å². The monoisotopic (exact) mass is 434 g/mol. The molecule has 0 bridgehead atoms. The maximum Gasteiger partial charge on any atom is 0.258 e. The second-order valence-electron chi connectivity index (χ2n) is 6.83. The van der Waals surface area contributed by atoms with Gasteiger partial charge in [0.15, 0.2) is 11.5 Å². The summed E-state index contributed by atoms with van der Waals surface area (Å²) in [5, 5.41) is 6.06. The number of carbonyl (C=O) groups is 1. The van der Waals surface area contributed by atoms with Crippen molar-refractivity contribution >= 4 is 17.6 Å². The normalized spacial score (nSPS) is 10.9. The Bertz CT molecular complexity index is 1080. The number of aliphatic imine (C=N–C) groups is 1. The molecule has 0 aliphatic carbocycles. The van der Waals surface area contributed by atoms with Crippen LogP contribution in [-0.4, -0.2) is 38.2 Å². The van der Waals surface area contributed by atoms with Crippen LogP contribution in [0.25, 0.3) is 0 Å². The molecule has 0 saturated heterocycles. The van der Waals surface area contributed by atoms with Gasteiger partial charge in [-0.15, -0.1) is 0 Å². The molecule has 0 atom stereocenters. The first kappa shape index (κ1) is 22.6. The van der Waals surface area contributed by atoms with Crippen LogP contribution in [0.5, 0.6) is 17.2 Å². The van der Waals surface area contributed by atoms with Crippen LogP contribution in [0.2, 0.25) is 0 Å². The van der Waals surface area contributed by atoms with E-state index in [0.717, 1.165) is 16.8 Å². The molecular weight excluding hydrogens is 408 g/mol. The highest BCUT2D eigenvalue weighted by molar-refractivity contribution is 6.10. The minimum absolute atomic E-state index is 0.307. The van der Waals surface area contributed by atoms with E-state index in [1.54, 1.807) is 24.5 Å². The fourth-order valence-electron chi connectivity index (χ4n) is 3.00. The van der Waals surface area contributed by atoms with Crippen molar-refractivity contribution < 1.29 is 19.0 Å². The van der Waals surface area contributed by atoms with E-state index in [-0.39, 0.29) is 5.91 Å². The van der Waals surface area contributed by atoms with Gasteiger partial charge in [0.05, 0.1) is 27.9 Å². The third-order valence-electron chi connectivity index (χ3n) is 4.70. The molecule has 1 amide bonds. The van der Waals surface area contributed by atoms with Crippen LogP contribution in [0.4, 0.5) is 5.69 Å². The zero-order valence-electron chi connectivity index (χ0n) is 18.5. The number of carbonyl (C=O) groups excluding carboxylic acids is 1. The zero-order valence-corrected chi connectivity index (χ0v) is 18.5. The van der Waals surface area contributed by atoms with Crippen molar-refractivity contribution in [2.45, 2.75) is 13.5 Å². The first-order valence-electron chi connectivity index (χ1n) is 9.93. The number of benzene rings is 2. The lowest BCUT2D eigenvalue weighted by Gasteiger charge is -2.16. The van der Waals surface area contributed by atoms with Crippen molar-refractivity contribution in [3.05, 3.63) is 77.6 Å². The van der Waals surface area contributed by atoms with Crippen molar-refractivity contribution in [1.29, 1.82) is 0 Å². The number of ether oxygens (including phenoxy) is 3. The van der Waals surface area contributed by atoms with Gasteiger partial charge in [-0.2, -0.15) is 0 Å². The Hall–Kier alpha value is -4.07. The van der Waals surface area contributed by atoms with Gasteiger partial charge in [0.2, 0.25) is 11.7 Å². The highest BCUT2D eigenvalue weighted by Gasteiger charge is 2.18. The summed E-state index contributed by atoms with van der Waals surface area (Å²) in [6.45, 7) is 2.32.